The van der Waals surface area contributed by atoms with E-state index in [4.69, 9.17) is 15.3 Å². The molecule has 2 rings (SSSR count). The van der Waals surface area contributed by atoms with Crippen LogP contribution in [0.2, 0.25) is 0 Å². The van der Waals surface area contributed by atoms with E-state index in [0.717, 1.165) is 5.75 Å². The summed E-state index contributed by atoms with van der Waals surface area (Å²) in [5.41, 5.74) is 1.49. The molecule has 2 aromatic carbocycles. The molecular formula is C16H13N3O. The Labute approximate surface area is 117 Å². The van der Waals surface area contributed by atoms with E-state index in [-0.39, 0.29) is 0 Å². The molecule has 0 unspecified atom stereocenters. The van der Waals surface area contributed by atoms with Gasteiger partial charge in [0, 0.05) is 6.54 Å². The molecule has 0 aliphatic heterocycles. The van der Waals surface area contributed by atoms with E-state index in [0.29, 0.717) is 30.0 Å². The molecule has 0 aliphatic carbocycles. The molecule has 0 aromatic heterocycles. The highest BCUT2D eigenvalue weighted by Gasteiger charge is 2.06. The number of para-hydroxylation sites is 2. The van der Waals surface area contributed by atoms with Crippen LogP contribution in [0, 0.1) is 22.7 Å². The topological polar surface area (TPSA) is 68.8 Å². The third kappa shape index (κ3) is 3.28. The average molecular weight is 263 g/mol. The lowest BCUT2D eigenvalue weighted by molar-refractivity contribution is 0.333. The molecule has 0 atom stereocenters. The summed E-state index contributed by atoms with van der Waals surface area (Å²) < 4.78 is 5.55. The van der Waals surface area contributed by atoms with Crippen molar-refractivity contribution in [3.05, 3.63) is 59.7 Å². The molecule has 0 heterocycles. The molecule has 0 radical (unpaired) electrons. The highest BCUT2D eigenvalue weighted by atomic mass is 16.5. The van der Waals surface area contributed by atoms with Gasteiger partial charge in [0.15, 0.2) is 0 Å². The molecular weight excluding hydrogens is 250 g/mol. The minimum absolute atomic E-state index is 0.453. The minimum Gasteiger partial charge on any atom is -0.492 e. The highest BCUT2D eigenvalue weighted by Crippen LogP contribution is 2.19. The van der Waals surface area contributed by atoms with Gasteiger partial charge in [-0.2, -0.15) is 10.5 Å². The van der Waals surface area contributed by atoms with E-state index in [2.05, 4.69) is 17.5 Å². The van der Waals surface area contributed by atoms with Crippen molar-refractivity contribution in [3.63, 3.8) is 0 Å². The molecule has 0 bridgehead atoms. The van der Waals surface area contributed by atoms with Crippen LogP contribution in [0.25, 0.3) is 0 Å². The fraction of sp³-hybridized carbons (Fsp3) is 0.125. The number of hydrogen-bond acceptors (Lipinski definition) is 4. The second-order valence-corrected chi connectivity index (χ2v) is 4.04. The zero-order valence-electron chi connectivity index (χ0n) is 10.8. The zero-order chi connectivity index (χ0) is 14.2. The van der Waals surface area contributed by atoms with Gasteiger partial charge in [0.25, 0.3) is 0 Å². The lowest BCUT2D eigenvalue weighted by atomic mass is 10.1. The maximum absolute atomic E-state index is 9.04. The number of hydrogen-bond donors (Lipinski definition) is 1. The number of nitriles is 2. The van der Waals surface area contributed by atoms with Gasteiger partial charge in [0.05, 0.1) is 16.8 Å². The van der Waals surface area contributed by atoms with Crippen LogP contribution in [0.5, 0.6) is 5.75 Å². The van der Waals surface area contributed by atoms with Crippen LogP contribution < -0.4 is 10.1 Å². The third-order valence-electron chi connectivity index (χ3n) is 2.72. The molecule has 20 heavy (non-hydrogen) atoms. The van der Waals surface area contributed by atoms with Gasteiger partial charge in [0.1, 0.15) is 24.5 Å². The van der Waals surface area contributed by atoms with Crippen LogP contribution in [0.1, 0.15) is 11.1 Å². The molecule has 0 saturated heterocycles. The Bertz CT molecular complexity index is 621. The first-order chi connectivity index (χ1) is 9.85. The van der Waals surface area contributed by atoms with E-state index in [1.54, 1.807) is 18.2 Å². The fourth-order valence-electron chi connectivity index (χ4n) is 1.79. The van der Waals surface area contributed by atoms with Crippen molar-refractivity contribution >= 4 is 5.69 Å². The van der Waals surface area contributed by atoms with Crippen molar-refractivity contribution < 1.29 is 4.74 Å². The van der Waals surface area contributed by atoms with Gasteiger partial charge in [-0.05, 0) is 24.3 Å². The van der Waals surface area contributed by atoms with Crippen LogP contribution >= 0.6 is 0 Å². The summed E-state index contributed by atoms with van der Waals surface area (Å²) in [4.78, 5) is 0. The first-order valence-corrected chi connectivity index (χ1v) is 6.20. The van der Waals surface area contributed by atoms with Gasteiger partial charge in [-0.25, -0.2) is 0 Å². The van der Waals surface area contributed by atoms with Gasteiger partial charge in [0.2, 0.25) is 0 Å². The fourth-order valence-corrected chi connectivity index (χ4v) is 1.79. The van der Waals surface area contributed by atoms with Crippen LogP contribution in [0.4, 0.5) is 5.69 Å². The van der Waals surface area contributed by atoms with Crippen molar-refractivity contribution in [2.45, 2.75) is 0 Å². The number of rotatable bonds is 5. The van der Waals surface area contributed by atoms with Crippen LogP contribution in [0.15, 0.2) is 48.5 Å². The number of nitrogens with one attached hydrogen (secondary N) is 1. The second-order valence-electron chi connectivity index (χ2n) is 4.04. The predicted octanol–water partition coefficient (Wildman–Crippen LogP) is 2.92. The number of benzene rings is 2. The number of nitrogens with zero attached hydrogens (tertiary/aromatic N) is 2. The molecule has 0 spiro atoms. The van der Waals surface area contributed by atoms with Crippen LogP contribution in [0.3, 0.4) is 0 Å². The summed E-state index contributed by atoms with van der Waals surface area (Å²) in [7, 11) is 0. The van der Waals surface area contributed by atoms with Crippen molar-refractivity contribution in [3.8, 4) is 17.9 Å². The quantitative estimate of drug-likeness (QED) is 0.842. The standard InChI is InChI=1S/C16H13N3O/c17-11-13-5-4-6-14(12-18)16(13)19-9-10-20-15-7-2-1-3-8-15/h1-8,19H,9-10H2. The lowest BCUT2D eigenvalue weighted by Gasteiger charge is -2.11. The minimum atomic E-state index is 0.453. The lowest BCUT2D eigenvalue weighted by Crippen LogP contribution is -2.13. The average Bonchev–Trinajstić information content (AvgIpc) is 2.52. The Morgan fingerprint density at radius 2 is 1.55 bits per heavy atom. The molecule has 98 valence electrons. The first kappa shape index (κ1) is 13.5. The Balaban J connectivity index is 1.95. The van der Waals surface area contributed by atoms with Gasteiger partial charge >= 0.3 is 0 Å². The maximum Gasteiger partial charge on any atom is 0.119 e. The molecule has 0 aliphatic rings. The summed E-state index contributed by atoms with van der Waals surface area (Å²) in [6.07, 6.45) is 0. The SMILES string of the molecule is N#Cc1cccc(C#N)c1NCCOc1ccccc1. The van der Waals surface area contributed by atoms with Crippen molar-refractivity contribution in [2.75, 3.05) is 18.5 Å². The first-order valence-electron chi connectivity index (χ1n) is 6.20. The van der Waals surface area contributed by atoms with Crippen molar-refractivity contribution in [1.82, 2.24) is 0 Å². The smallest absolute Gasteiger partial charge is 0.119 e. The third-order valence-corrected chi connectivity index (χ3v) is 2.72. The molecule has 2 aromatic rings. The van der Waals surface area contributed by atoms with Gasteiger partial charge in [-0.1, -0.05) is 24.3 Å². The molecule has 1 N–H and O–H groups in total. The van der Waals surface area contributed by atoms with Gasteiger partial charge < -0.3 is 10.1 Å². The number of ether oxygens (including phenoxy) is 1. The van der Waals surface area contributed by atoms with Crippen molar-refractivity contribution in [1.29, 1.82) is 10.5 Å². The second kappa shape index (κ2) is 6.82. The molecule has 0 amide bonds. The molecule has 4 heteroatoms. The Morgan fingerprint density at radius 3 is 2.15 bits per heavy atom. The summed E-state index contributed by atoms with van der Waals surface area (Å²) in [6.45, 7) is 0.969. The Hall–Kier alpha value is -2.98. The van der Waals surface area contributed by atoms with E-state index in [1.165, 1.54) is 0 Å². The van der Waals surface area contributed by atoms with E-state index in [9.17, 15) is 0 Å². The summed E-state index contributed by atoms with van der Waals surface area (Å²) in [5.74, 6) is 0.795. The van der Waals surface area contributed by atoms with Crippen LogP contribution in [-0.4, -0.2) is 13.2 Å². The maximum atomic E-state index is 9.04. The summed E-state index contributed by atoms with van der Waals surface area (Å²) in [6, 6.07) is 18.7. The zero-order valence-corrected chi connectivity index (χ0v) is 10.8. The largest absolute Gasteiger partial charge is 0.492 e. The van der Waals surface area contributed by atoms with E-state index < -0.39 is 0 Å². The molecule has 4 nitrogen and oxygen atoms in total. The van der Waals surface area contributed by atoms with Gasteiger partial charge in [-0.3, -0.25) is 0 Å². The molecule has 0 fully saturated rings. The monoisotopic (exact) mass is 263 g/mol. The number of anilines is 1. The normalized spacial score (nSPS) is 9.30. The highest BCUT2D eigenvalue weighted by molar-refractivity contribution is 5.66. The Morgan fingerprint density at radius 1 is 0.900 bits per heavy atom. The summed E-state index contributed by atoms with van der Waals surface area (Å²) in [5, 5.41) is 21.2. The van der Waals surface area contributed by atoms with Crippen LogP contribution in [-0.2, 0) is 0 Å². The van der Waals surface area contributed by atoms with E-state index >= 15 is 0 Å². The Kier molecular flexibility index (Phi) is 4.59. The summed E-state index contributed by atoms with van der Waals surface area (Å²) >= 11 is 0. The predicted molar refractivity (Wildman–Crippen MR) is 76.3 cm³/mol. The van der Waals surface area contributed by atoms with E-state index in [1.807, 2.05) is 30.3 Å². The van der Waals surface area contributed by atoms with Gasteiger partial charge in [-0.15, -0.1) is 0 Å². The molecule has 0 saturated carbocycles. The van der Waals surface area contributed by atoms with Crippen molar-refractivity contribution in [2.24, 2.45) is 0 Å².